The molecule has 2 aromatic carbocycles. The fourth-order valence-electron chi connectivity index (χ4n) is 2.80. The molecule has 148 valence electrons. The number of amides is 1. The van der Waals surface area contributed by atoms with Gasteiger partial charge in [0, 0.05) is 11.8 Å². The fraction of sp³-hybridized carbons (Fsp3) is 0.136. The van der Waals surface area contributed by atoms with Gasteiger partial charge in [0.15, 0.2) is 0 Å². The second-order valence-corrected chi connectivity index (χ2v) is 6.23. The molecule has 1 heterocycles. The zero-order valence-electron chi connectivity index (χ0n) is 15.8. The maximum absolute atomic E-state index is 13.7. The molecule has 0 unspecified atom stereocenters. The molecule has 3 aromatic rings. The summed E-state index contributed by atoms with van der Waals surface area (Å²) in [6.45, 7) is 3.90. The number of benzene rings is 2. The van der Waals surface area contributed by atoms with Crippen molar-refractivity contribution in [1.82, 2.24) is 4.98 Å². The Morgan fingerprint density at radius 1 is 1.07 bits per heavy atom. The zero-order chi connectivity index (χ0) is 21.0. The van der Waals surface area contributed by atoms with Crippen LogP contribution in [0.5, 0.6) is 0 Å². The SMILES string of the molecule is CCOC(=O)c1ccc(C)c(-c2ccc(NC(=O)c3c(F)cccc3F)nc2)c1. The smallest absolute Gasteiger partial charge is 0.338 e. The fourth-order valence-corrected chi connectivity index (χ4v) is 2.80. The van der Waals surface area contributed by atoms with E-state index < -0.39 is 29.1 Å². The van der Waals surface area contributed by atoms with Gasteiger partial charge >= 0.3 is 5.97 Å². The molecule has 0 aliphatic carbocycles. The van der Waals surface area contributed by atoms with Gasteiger partial charge in [-0.2, -0.15) is 0 Å². The number of halogens is 2. The molecule has 3 rings (SSSR count). The molecule has 1 N–H and O–H groups in total. The quantitative estimate of drug-likeness (QED) is 0.631. The highest BCUT2D eigenvalue weighted by molar-refractivity contribution is 6.04. The van der Waals surface area contributed by atoms with Crippen molar-refractivity contribution >= 4 is 17.7 Å². The van der Waals surface area contributed by atoms with Gasteiger partial charge in [-0.3, -0.25) is 4.79 Å². The molecule has 0 spiro atoms. The number of hydrogen-bond acceptors (Lipinski definition) is 4. The summed E-state index contributed by atoms with van der Waals surface area (Å²) in [7, 11) is 0. The molecule has 0 bridgehead atoms. The van der Waals surface area contributed by atoms with Gasteiger partial charge in [0.1, 0.15) is 23.0 Å². The molecule has 0 radical (unpaired) electrons. The van der Waals surface area contributed by atoms with Crippen LogP contribution in [0.25, 0.3) is 11.1 Å². The molecule has 1 aromatic heterocycles. The monoisotopic (exact) mass is 396 g/mol. The van der Waals surface area contributed by atoms with E-state index in [0.717, 1.165) is 23.3 Å². The zero-order valence-corrected chi connectivity index (χ0v) is 15.8. The highest BCUT2D eigenvalue weighted by Gasteiger charge is 2.17. The molecule has 0 saturated carbocycles. The molecule has 29 heavy (non-hydrogen) atoms. The number of anilines is 1. The molecule has 0 aliphatic heterocycles. The second kappa shape index (κ2) is 8.60. The van der Waals surface area contributed by atoms with Gasteiger partial charge < -0.3 is 10.1 Å². The number of rotatable bonds is 5. The lowest BCUT2D eigenvalue weighted by molar-refractivity contribution is 0.0526. The summed E-state index contributed by atoms with van der Waals surface area (Å²) in [6.07, 6.45) is 1.50. The van der Waals surface area contributed by atoms with Crippen LogP contribution in [0, 0.1) is 18.6 Å². The van der Waals surface area contributed by atoms with Crippen LogP contribution in [0.3, 0.4) is 0 Å². The Balaban J connectivity index is 1.83. The van der Waals surface area contributed by atoms with Gasteiger partial charge in [-0.05, 0) is 61.4 Å². The van der Waals surface area contributed by atoms with E-state index in [9.17, 15) is 18.4 Å². The Bertz CT molecular complexity index is 1050. The minimum Gasteiger partial charge on any atom is -0.462 e. The molecule has 0 aliphatic rings. The van der Waals surface area contributed by atoms with Gasteiger partial charge in [0.05, 0.1) is 12.2 Å². The number of carbonyl (C=O) groups excluding carboxylic acids is 2. The summed E-state index contributed by atoms with van der Waals surface area (Å²) in [5, 5.41) is 2.38. The summed E-state index contributed by atoms with van der Waals surface area (Å²) in [5.74, 6) is -3.12. The number of ether oxygens (including phenoxy) is 1. The van der Waals surface area contributed by atoms with Crippen LogP contribution in [-0.2, 0) is 4.74 Å². The molecule has 0 atom stereocenters. The predicted molar refractivity (Wildman–Crippen MR) is 105 cm³/mol. The predicted octanol–water partition coefficient (Wildman–Crippen LogP) is 4.76. The highest BCUT2D eigenvalue weighted by atomic mass is 19.1. The topological polar surface area (TPSA) is 68.3 Å². The summed E-state index contributed by atoms with van der Waals surface area (Å²) in [6, 6.07) is 11.6. The van der Waals surface area contributed by atoms with E-state index in [1.54, 1.807) is 31.2 Å². The van der Waals surface area contributed by atoms with Gasteiger partial charge in [-0.15, -0.1) is 0 Å². The number of esters is 1. The van der Waals surface area contributed by atoms with Gasteiger partial charge in [-0.25, -0.2) is 18.6 Å². The number of nitrogens with one attached hydrogen (secondary N) is 1. The van der Waals surface area contributed by atoms with E-state index >= 15 is 0 Å². The Morgan fingerprint density at radius 2 is 1.79 bits per heavy atom. The minimum absolute atomic E-state index is 0.139. The van der Waals surface area contributed by atoms with Crippen molar-refractivity contribution in [3.8, 4) is 11.1 Å². The molecule has 0 saturated heterocycles. The maximum atomic E-state index is 13.7. The van der Waals surface area contributed by atoms with Crippen LogP contribution in [0.1, 0.15) is 33.2 Å². The number of pyridine rings is 1. The van der Waals surface area contributed by atoms with E-state index in [4.69, 9.17) is 4.74 Å². The second-order valence-electron chi connectivity index (χ2n) is 6.23. The van der Waals surface area contributed by atoms with Crippen LogP contribution in [0.15, 0.2) is 54.7 Å². The van der Waals surface area contributed by atoms with E-state index in [-0.39, 0.29) is 12.4 Å². The molecule has 7 heteroatoms. The highest BCUT2D eigenvalue weighted by Crippen LogP contribution is 2.25. The Morgan fingerprint density at radius 3 is 2.41 bits per heavy atom. The van der Waals surface area contributed by atoms with E-state index in [2.05, 4.69) is 10.3 Å². The molecule has 0 fully saturated rings. The Hall–Kier alpha value is -3.61. The first-order valence-corrected chi connectivity index (χ1v) is 8.90. The third-order valence-corrected chi connectivity index (χ3v) is 4.25. The lowest BCUT2D eigenvalue weighted by atomic mass is 9.99. The summed E-state index contributed by atoms with van der Waals surface area (Å²) in [4.78, 5) is 28.3. The van der Waals surface area contributed by atoms with Gasteiger partial charge in [0.2, 0.25) is 0 Å². The average molecular weight is 396 g/mol. The number of nitrogens with zero attached hydrogens (tertiary/aromatic N) is 1. The van der Waals surface area contributed by atoms with Crippen molar-refractivity contribution in [2.75, 3.05) is 11.9 Å². The van der Waals surface area contributed by atoms with Crippen molar-refractivity contribution in [2.45, 2.75) is 13.8 Å². The standard InChI is InChI=1S/C22H18F2N2O3/c1-3-29-22(28)14-8-7-13(2)16(11-14)15-9-10-19(25-12-15)26-21(27)20-17(23)5-4-6-18(20)24/h4-12H,3H2,1-2H3,(H,25,26,27). The molecule has 5 nitrogen and oxygen atoms in total. The van der Waals surface area contributed by atoms with E-state index in [0.29, 0.717) is 11.1 Å². The van der Waals surface area contributed by atoms with Crippen LogP contribution >= 0.6 is 0 Å². The minimum atomic E-state index is -0.953. The number of carbonyl (C=O) groups is 2. The van der Waals surface area contributed by atoms with E-state index in [1.807, 2.05) is 6.92 Å². The van der Waals surface area contributed by atoms with Gasteiger partial charge in [0.25, 0.3) is 5.91 Å². The summed E-state index contributed by atoms with van der Waals surface area (Å²) >= 11 is 0. The summed E-state index contributed by atoms with van der Waals surface area (Å²) in [5.41, 5.74) is 2.16. The van der Waals surface area contributed by atoms with Crippen LogP contribution in [0.2, 0.25) is 0 Å². The van der Waals surface area contributed by atoms with Crippen molar-refractivity contribution in [2.24, 2.45) is 0 Å². The Labute approximate surface area is 166 Å². The lowest BCUT2D eigenvalue weighted by Crippen LogP contribution is -2.16. The van der Waals surface area contributed by atoms with Gasteiger partial charge in [-0.1, -0.05) is 12.1 Å². The normalized spacial score (nSPS) is 10.5. The number of hydrogen-bond donors (Lipinski definition) is 1. The van der Waals surface area contributed by atoms with Crippen molar-refractivity contribution in [1.29, 1.82) is 0 Å². The first-order chi connectivity index (χ1) is 13.9. The Kier molecular flexibility index (Phi) is 5.97. The van der Waals surface area contributed by atoms with Crippen molar-refractivity contribution < 1.29 is 23.1 Å². The van der Waals surface area contributed by atoms with E-state index in [1.165, 1.54) is 18.3 Å². The number of aryl methyl sites for hydroxylation is 1. The van der Waals surface area contributed by atoms with Crippen molar-refractivity contribution in [3.05, 3.63) is 83.1 Å². The molecular formula is C22H18F2N2O3. The third kappa shape index (κ3) is 4.45. The lowest BCUT2D eigenvalue weighted by Gasteiger charge is -2.10. The number of aromatic nitrogens is 1. The van der Waals surface area contributed by atoms with Crippen LogP contribution in [-0.4, -0.2) is 23.5 Å². The van der Waals surface area contributed by atoms with Crippen LogP contribution < -0.4 is 5.32 Å². The van der Waals surface area contributed by atoms with Crippen molar-refractivity contribution in [3.63, 3.8) is 0 Å². The first-order valence-electron chi connectivity index (χ1n) is 8.90. The average Bonchev–Trinajstić information content (AvgIpc) is 2.69. The molecular weight excluding hydrogens is 378 g/mol. The van der Waals surface area contributed by atoms with Crippen LogP contribution in [0.4, 0.5) is 14.6 Å². The first kappa shape index (κ1) is 20.1. The maximum Gasteiger partial charge on any atom is 0.338 e. The largest absolute Gasteiger partial charge is 0.462 e. The summed E-state index contributed by atoms with van der Waals surface area (Å²) < 4.78 is 32.5. The third-order valence-electron chi connectivity index (χ3n) is 4.25. The molecule has 1 amide bonds.